The maximum atomic E-state index is 12.1. The molecular formula is C102H108BrCl2N5O27S. The summed E-state index contributed by atoms with van der Waals surface area (Å²) in [5.74, 6) is -1.40. The van der Waals surface area contributed by atoms with Crippen LogP contribution >= 0.6 is 39.1 Å². The van der Waals surface area contributed by atoms with Crippen molar-refractivity contribution in [3.63, 3.8) is 0 Å². The topological polar surface area (TPSA) is 446 Å². The van der Waals surface area contributed by atoms with Gasteiger partial charge < -0.3 is 63.4 Å². The molecule has 12 aromatic rings. The summed E-state index contributed by atoms with van der Waals surface area (Å²) in [6, 6.07) is 92.5. The zero-order valence-corrected chi connectivity index (χ0v) is 81.7. The first kappa shape index (κ1) is 120. The molecule has 0 spiro atoms. The lowest BCUT2D eigenvalue weighted by Crippen LogP contribution is -2.15. The second kappa shape index (κ2) is 72.0. The van der Waals surface area contributed by atoms with Crippen molar-refractivity contribution in [2.45, 2.75) is 90.0 Å². The molecule has 0 aliphatic rings. The SMILES string of the molecule is CC.CC(=O)Oc1ccccc1C(=O)Nc1ccccc1.CC(=O)Oc1ccccc1C(=O)Nc1ccccc1.CC(=O)Oc1ccccc1C(=O)Nc1ccccc1.CC(=O)Oc1ccccc1C(=O)Oc1ccccc1.CC(=O)Oc1ccccc1C(=O)Oc1ccccc1.CC(=O)Oc1ccccc1C(=O)Oc1ccccc1.CCBr.CCCl.CCCl.CCOS(N)(=O)=O.CCO[N+](=O)[O-]. The number of carbonyl (C=O) groups is 12. The van der Waals surface area contributed by atoms with Crippen molar-refractivity contribution in [3.05, 3.63) is 371 Å². The van der Waals surface area contributed by atoms with Gasteiger partial charge in [-0.3, -0.25) is 47.3 Å². The summed E-state index contributed by atoms with van der Waals surface area (Å²) in [5.41, 5.74) is 3.65. The van der Waals surface area contributed by atoms with Crippen LogP contribution in [0.5, 0.6) is 51.7 Å². The number of amides is 3. The van der Waals surface area contributed by atoms with E-state index in [4.69, 9.17) is 65.8 Å². The fourth-order valence-electron chi connectivity index (χ4n) is 9.71. The summed E-state index contributed by atoms with van der Waals surface area (Å²) in [4.78, 5) is 151. The molecule has 0 aliphatic carbocycles. The van der Waals surface area contributed by atoms with Gasteiger partial charge in [-0.2, -0.15) is 8.42 Å². The molecule has 5 N–H and O–H groups in total. The third-order valence-electron chi connectivity index (χ3n) is 14.7. The minimum absolute atomic E-state index is 0.0961. The van der Waals surface area contributed by atoms with E-state index in [1.807, 2.05) is 107 Å². The highest BCUT2D eigenvalue weighted by molar-refractivity contribution is 9.09. The van der Waals surface area contributed by atoms with E-state index in [2.05, 4.69) is 46.0 Å². The molecule has 36 heteroatoms. The number of nitrogens with two attached hydrogens (primary N) is 1. The summed E-state index contributed by atoms with van der Waals surface area (Å²) in [6.07, 6.45) is 0. The van der Waals surface area contributed by atoms with Gasteiger partial charge in [0, 0.05) is 75.7 Å². The van der Waals surface area contributed by atoms with Crippen molar-refractivity contribution < 1.29 is 123 Å². The first-order valence-electron chi connectivity index (χ1n) is 41.8. The number of rotatable bonds is 22. The Labute approximate surface area is 819 Å². The van der Waals surface area contributed by atoms with E-state index in [-0.39, 0.29) is 82.1 Å². The first-order chi connectivity index (χ1) is 66.1. The maximum Gasteiger partial charge on any atom is 0.347 e. The highest BCUT2D eigenvalue weighted by Gasteiger charge is 2.21. The number of halogens is 3. The molecule has 0 aromatic heterocycles. The lowest BCUT2D eigenvalue weighted by Gasteiger charge is -2.09. The fraction of sp³-hybridized carbons (Fsp3) is 0.176. The third kappa shape index (κ3) is 54.5. The highest BCUT2D eigenvalue weighted by atomic mass is 79.9. The largest absolute Gasteiger partial charge is 0.426 e. The van der Waals surface area contributed by atoms with Gasteiger partial charge in [0.15, 0.2) is 0 Å². The summed E-state index contributed by atoms with van der Waals surface area (Å²) < 4.78 is 69.0. The number of esters is 9. The van der Waals surface area contributed by atoms with Crippen molar-refractivity contribution in [1.82, 2.24) is 0 Å². The number of nitrogens with one attached hydrogen (secondary N) is 3. The highest BCUT2D eigenvalue weighted by Crippen LogP contribution is 2.27. The van der Waals surface area contributed by atoms with E-state index < -0.39 is 69.1 Å². The van der Waals surface area contributed by atoms with Gasteiger partial charge in [0.2, 0.25) is 0 Å². The molecular weight excluding hydrogens is 1910 g/mol. The zero-order chi connectivity index (χ0) is 103. The number of nitrogens with zero attached hydrogens (tertiary/aromatic N) is 1. The molecule has 0 fully saturated rings. The van der Waals surface area contributed by atoms with Gasteiger partial charge in [-0.05, 0) is 159 Å². The lowest BCUT2D eigenvalue weighted by molar-refractivity contribution is -0.756. The molecule has 12 rings (SSSR count). The van der Waals surface area contributed by atoms with Crippen LogP contribution in [0.4, 0.5) is 17.1 Å². The van der Waals surface area contributed by atoms with Crippen LogP contribution in [0, 0.1) is 10.1 Å². The van der Waals surface area contributed by atoms with Gasteiger partial charge >= 0.3 is 64.0 Å². The Morgan fingerprint density at radius 2 is 0.471 bits per heavy atom. The van der Waals surface area contributed by atoms with Crippen LogP contribution < -0.4 is 63.7 Å². The minimum atomic E-state index is -3.67. The molecule has 730 valence electrons. The standard InChI is InChI=1S/3C15H13NO3.3C15H12O4.C2H5Br.2C2H5Cl.C2H7NO3S.C2H5NO3.C2H6/c3*1-11(17)19-14-10-6-5-9-13(14)15(18)16-12-7-3-2-4-8-12;3*1-11(16)18-14-10-6-5-9-13(14)15(17)19-12-7-3-2-4-8-12;3*1-2-3;1-2-6-7(3,4)5;1-2-6-3(4)5;1-2/h3*2-10H,1H3,(H,16,18);3*2-10H,1H3;3*2H2,1H3;2H2,1H3,(H2,3,4,5);2H2,1H3;1-2H3. The number of alkyl halides is 3. The van der Waals surface area contributed by atoms with Gasteiger partial charge in [0.1, 0.15) is 68.4 Å². The molecule has 0 bridgehead atoms. The quantitative estimate of drug-likeness (QED) is 0.0161. The predicted molar refractivity (Wildman–Crippen MR) is 531 cm³/mol. The van der Waals surface area contributed by atoms with Crippen LogP contribution in [0.25, 0.3) is 0 Å². The second-order valence-corrected chi connectivity index (χ2v) is 28.9. The van der Waals surface area contributed by atoms with Crippen molar-refractivity contribution in [2.24, 2.45) is 5.14 Å². The average Bonchev–Trinajstić information content (AvgIpc) is 0.874. The number of ether oxygens (including phenoxy) is 9. The molecule has 0 heterocycles. The van der Waals surface area contributed by atoms with Crippen LogP contribution in [0.2, 0.25) is 0 Å². The number of hydrogen-bond donors (Lipinski definition) is 4. The fourth-order valence-corrected chi connectivity index (χ4v) is 10.0. The predicted octanol–water partition coefficient (Wildman–Crippen LogP) is 21.4. The van der Waals surface area contributed by atoms with Crippen molar-refractivity contribution >= 4 is 138 Å². The molecule has 32 nitrogen and oxygen atoms in total. The van der Waals surface area contributed by atoms with Crippen molar-refractivity contribution in [3.8, 4) is 51.7 Å². The van der Waals surface area contributed by atoms with Gasteiger partial charge in [-0.15, -0.1) is 33.3 Å². The van der Waals surface area contributed by atoms with Crippen LogP contribution in [-0.4, -0.2) is 115 Å². The monoisotopic (exact) mass is 2020 g/mol. The van der Waals surface area contributed by atoms with Gasteiger partial charge in [-0.25, -0.2) is 19.5 Å². The normalized spacial score (nSPS) is 9.40. The summed E-state index contributed by atoms with van der Waals surface area (Å²) in [6.45, 7) is 20.9. The Kier molecular flexibility index (Phi) is 62.8. The molecule has 3 amide bonds. The lowest BCUT2D eigenvalue weighted by atomic mass is 10.2. The van der Waals surface area contributed by atoms with Gasteiger partial charge in [0.25, 0.3) is 22.8 Å². The molecule has 12 aromatic carbocycles. The molecule has 0 saturated heterocycles. The molecule has 0 saturated carbocycles. The Bertz CT molecular complexity index is 4980. The maximum absolute atomic E-state index is 12.1. The molecule has 138 heavy (non-hydrogen) atoms. The molecule has 0 radical (unpaired) electrons. The number of benzene rings is 12. The van der Waals surface area contributed by atoms with E-state index in [1.165, 1.54) is 41.5 Å². The summed E-state index contributed by atoms with van der Waals surface area (Å²) in [7, 11) is -3.67. The summed E-state index contributed by atoms with van der Waals surface area (Å²) in [5, 5.41) is 22.0. The number of anilines is 3. The second-order valence-electron chi connectivity index (χ2n) is 25.4. The Hall–Kier alpha value is -15.6. The Balaban J connectivity index is 0.000000789. The summed E-state index contributed by atoms with van der Waals surface area (Å²) >= 11 is 13.1. The van der Waals surface area contributed by atoms with Crippen LogP contribution in [0.1, 0.15) is 152 Å². The van der Waals surface area contributed by atoms with E-state index in [1.54, 1.807) is 269 Å². The molecule has 0 aliphatic heterocycles. The van der Waals surface area contributed by atoms with Crippen molar-refractivity contribution in [1.29, 1.82) is 0 Å². The smallest absolute Gasteiger partial charge is 0.347 e. The minimum Gasteiger partial charge on any atom is -0.426 e. The molecule has 0 atom stereocenters. The average molecular weight is 2020 g/mol. The Morgan fingerprint density at radius 3 is 0.623 bits per heavy atom. The number of carbonyl (C=O) groups excluding carboxylic acids is 12. The van der Waals surface area contributed by atoms with Gasteiger partial charge in [-0.1, -0.05) is 233 Å². The number of hydrogen-bond acceptors (Lipinski definition) is 27. The van der Waals surface area contributed by atoms with E-state index >= 15 is 0 Å². The van der Waals surface area contributed by atoms with Crippen LogP contribution in [0.3, 0.4) is 0 Å². The van der Waals surface area contributed by atoms with E-state index in [9.17, 15) is 76.1 Å². The van der Waals surface area contributed by atoms with E-state index in [0.717, 1.165) is 17.1 Å². The number of para-hydroxylation sites is 12. The zero-order valence-electron chi connectivity index (χ0n) is 77.8. The first-order valence-corrected chi connectivity index (χ1v) is 45.4. The van der Waals surface area contributed by atoms with Crippen LogP contribution in [0.15, 0.2) is 328 Å². The third-order valence-corrected chi connectivity index (χ3v) is 15.3. The molecule has 0 unspecified atom stereocenters. The van der Waals surface area contributed by atoms with E-state index in [0.29, 0.717) is 51.0 Å². The van der Waals surface area contributed by atoms with Gasteiger partial charge in [0.05, 0.1) is 29.9 Å². The Morgan fingerprint density at radius 1 is 0.304 bits per heavy atom. The van der Waals surface area contributed by atoms with Crippen molar-refractivity contribution in [2.75, 3.05) is 46.3 Å². The van der Waals surface area contributed by atoms with Crippen LogP contribution in [-0.2, 0) is 48.1 Å².